The van der Waals surface area contributed by atoms with Gasteiger partial charge in [0.15, 0.2) is 0 Å². The molecule has 0 aliphatic heterocycles. The minimum absolute atomic E-state index is 0.198. The van der Waals surface area contributed by atoms with Crippen LogP contribution in [0, 0.1) is 0 Å². The third kappa shape index (κ3) is 46.0. The molecule has 0 aromatic heterocycles. The molecule has 0 heterocycles. The average molecular weight is 779 g/mol. The molecule has 0 aromatic carbocycles. The molecule has 0 rings (SSSR count). The van der Waals surface area contributed by atoms with Gasteiger partial charge in [-0.2, -0.15) is 0 Å². The number of unbranched alkanes of at least 4 members (excludes halogenated alkanes) is 21. The van der Waals surface area contributed by atoms with Gasteiger partial charge in [-0.05, 0) is 64.2 Å². The lowest BCUT2D eigenvalue weighted by atomic mass is 10.0. The van der Waals surface area contributed by atoms with Gasteiger partial charge in [0, 0.05) is 13.0 Å². The van der Waals surface area contributed by atoms with E-state index in [9.17, 15) is 9.90 Å². The highest BCUT2D eigenvalue weighted by Crippen LogP contribution is 2.15. The summed E-state index contributed by atoms with van der Waals surface area (Å²) in [5.74, 6) is -0.257. The van der Waals surface area contributed by atoms with E-state index >= 15 is 0 Å². The molecule has 0 saturated carbocycles. The van der Waals surface area contributed by atoms with E-state index in [-0.39, 0.29) is 19.2 Å². The van der Waals surface area contributed by atoms with Crippen molar-refractivity contribution in [2.24, 2.45) is 0 Å². The van der Waals surface area contributed by atoms with Gasteiger partial charge in [0.25, 0.3) is 0 Å². The highest BCUT2D eigenvalue weighted by molar-refractivity contribution is 5.69. The summed E-state index contributed by atoms with van der Waals surface area (Å²) in [5.41, 5.74) is 0. The van der Waals surface area contributed by atoms with E-state index in [0.29, 0.717) is 13.0 Å². The van der Waals surface area contributed by atoms with Gasteiger partial charge in [-0.3, -0.25) is 4.79 Å². The number of aliphatic hydroxyl groups excluding tert-OH is 1. The summed E-state index contributed by atoms with van der Waals surface area (Å²) in [7, 11) is 0. The van der Waals surface area contributed by atoms with Crippen molar-refractivity contribution >= 4 is 5.97 Å². The quantitative estimate of drug-likeness (QED) is 0.0380. The van der Waals surface area contributed by atoms with Crippen LogP contribution in [0.25, 0.3) is 0 Å². The molecule has 0 bridgehead atoms. The predicted molar refractivity (Wildman–Crippen MR) is 246 cm³/mol. The Labute approximate surface area is 348 Å². The largest absolute Gasteiger partial charge is 0.457 e. The number of esters is 1. The molecular weight excluding hydrogens is 689 g/mol. The number of hydrogen-bond donors (Lipinski definition) is 1. The summed E-state index contributed by atoms with van der Waals surface area (Å²) in [6, 6.07) is 0. The summed E-state index contributed by atoms with van der Waals surface area (Å²) >= 11 is 0. The molecule has 0 amide bonds. The Hall–Kier alpha value is -2.43. The molecule has 1 N–H and O–H groups in total. The van der Waals surface area contributed by atoms with Crippen LogP contribution in [-0.2, 0) is 14.3 Å². The Bertz CT molecular complexity index is 1000. The average Bonchev–Trinajstić information content (AvgIpc) is 3.20. The molecule has 4 heteroatoms. The summed E-state index contributed by atoms with van der Waals surface area (Å²) in [4.78, 5) is 12.2. The minimum atomic E-state index is -0.568. The summed E-state index contributed by atoms with van der Waals surface area (Å²) in [6.07, 6.45) is 68.1. The zero-order valence-corrected chi connectivity index (χ0v) is 36.9. The Morgan fingerprint density at radius 1 is 0.446 bits per heavy atom. The van der Waals surface area contributed by atoms with Gasteiger partial charge in [-0.1, -0.05) is 227 Å². The van der Waals surface area contributed by atoms with Crippen LogP contribution in [0.5, 0.6) is 0 Å². The Kier molecular flexibility index (Phi) is 46.6. The maximum absolute atomic E-state index is 12.2. The first-order chi connectivity index (χ1) is 27.7. The topological polar surface area (TPSA) is 55.8 Å². The Balaban J connectivity index is 3.54. The first kappa shape index (κ1) is 53.6. The molecule has 0 aromatic rings. The molecule has 4 nitrogen and oxygen atoms in total. The zero-order chi connectivity index (χ0) is 40.5. The fourth-order valence-corrected chi connectivity index (χ4v) is 6.49. The second kappa shape index (κ2) is 48.7. The van der Waals surface area contributed by atoms with Crippen molar-refractivity contribution in [3.05, 3.63) is 85.1 Å². The van der Waals surface area contributed by atoms with Crippen LogP contribution in [-0.4, -0.2) is 37.0 Å². The molecule has 56 heavy (non-hydrogen) atoms. The standard InChI is InChI=1S/C52H90O4/c1-3-5-7-9-11-13-15-17-19-21-23-25-26-27-29-31-33-35-37-39-41-43-45-47-52(54)56-51(49-53)50-55-48-46-44-42-40-38-36-34-32-30-28-24-22-20-18-16-14-12-10-8-6-4-2/h5,7,11,13,17,19,23,25,27,29,33,35,39,41,51,53H,3-4,6,8-10,12,14-16,18,20-22,24,26,28,30-32,34,36-38,40,42-50H2,1-2H3/b7-5-,13-11-,19-17-,25-23-,29-27-,35-33-,41-39-. The Morgan fingerprint density at radius 3 is 1.14 bits per heavy atom. The van der Waals surface area contributed by atoms with Crippen molar-refractivity contribution in [3.8, 4) is 0 Å². The predicted octanol–water partition coefficient (Wildman–Crippen LogP) is 15.9. The van der Waals surface area contributed by atoms with E-state index in [2.05, 4.69) is 98.9 Å². The van der Waals surface area contributed by atoms with Crippen molar-refractivity contribution in [2.75, 3.05) is 19.8 Å². The van der Waals surface area contributed by atoms with Gasteiger partial charge < -0.3 is 14.6 Å². The summed E-state index contributed by atoms with van der Waals surface area (Å²) < 4.78 is 11.1. The molecule has 0 aliphatic rings. The van der Waals surface area contributed by atoms with E-state index in [0.717, 1.165) is 64.2 Å². The fraction of sp³-hybridized carbons (Fsp3) is 0.712. The van der Waals surface area contributed by atoms with Crippen molar-refractivity contribution < 1.29 is 19.4 Å². The zero-order valence-electron chi connectivity index (χ0n) is 36.9. The van der Waals surface area contributed by atoms with Crippen LogP contribution in [0.4, 0.5) is 0 Å². The minimum Gasteiger partial charge on any atom is -0.457 e. The number of hydrogen-bond acceptors (Lipinski definition) is 4. The maximum Gasteiger partial charge on any atom is 0.306 e. The van der Waals surface area contributed by atoms with Crippen LogP contribution in [0.15, 0.2) is 85.1 Å². The number of aliphatic hydroxyl groups is 1. The molecule has 0 spiro atoms. The maximum atomic E-state index is 12.2. The van der Waals surface area contributed by atoms with Crippen LogP contribution >= 0.6 is 0 Å². The number of ether oxygens (including phenoxy) is 2. The molecule has 0 saturated heterocycles. The van der Waals surface area contributed by atoms with Crippen LogP contribution < -0.4 is 0 Å². The van der Waals surface area contributed by atoms with E-state index in [1.54, 1.807) is 0 Å². The number of allylic oxidation sites excluding steroid dienone is 14. The lowest BCUT2D eigenvalue weighted by molar-refractivity contribution is -0.154. The molecule has 1 atom stereocenters. The molecule has 1 unspecified atom stereocenters. The molecule has 322 valence electrons. The van der Waals surface area contributed by atoms with Gasteiger partial charge >= 0.3 is 5.97 Å². The molecule has 0 radical (unpaired) electrons. The van der Waals surface area contributed by atoms with Gasteiger partial charge in [-0.25, -0.2) is 0 Å². The SMILES string of the molecule is CC/C=C\C/C=C\C/C=C\C/C=C\C/C=C\C/C=C\C/C=C\CCCC(=O)OC(CO)COCCCCCCCCCCCCCCCCCCCCCCC. The summed E-state index contributed by atoms with van der Waals surface area (Å²) in [5, 5.41) is 9.62. The molecular formula is C52H90O4. The van der Waals surface area contributed by atoms with Crippen LogP contribution in [0.3, 0.4) is 0 Å². The second-order valence-corrected chi connectivity index (χ2v) is 15.5. The summed E-state index contributed by atoms with van der Waals surface area (Å²) in [6.45, 7) is 5.19. The van der Waals surface area contributed by atoms with Crippen molar-refractivity contribution in [1.82, 2.24) is 0 Å². The number of rotatable bonds is 43. The van der Waals surface area contributed by atoms with Gasteiger partial charge in [-0.15, -0.1) is 0 Å². The van der Waals surface area contributed by atoms with Crippen LogP contribution in [0.1, 0.15) is 213 Å². The molecule has 0 aliphatic carbocycles. The van der Waals surface area contributed by atoms with Gasteiger partial charge in [0.1, 0.15) is 6.10 Å². The third-order valence-corrected chi connectivity index (χ3v) is 9.98. The van der Waals surface area contributed by atoms with E-state index < -0.39 is 6.10 Å². The first-order valence-corrected chi connectivity index (χ1v) is 23.7. The lowest BCUT2D eigenvalue weighted by Gasteiger charge is -2.15. The van der Waals surface area contributed by atoms with E-state index in [1.807, 2.05) is 0 Å². The van der Waals surface area contributed by atoms with E-state index in [4.69, 9.17) is 9.47 Å². The van der Waals surface area contributed by atoms with Crippen LogP contribution in [0.2, 0.25) is 0 Å². The smallest absolute Gasteiger partial charge is 0.306 e. The molecule has 0 fully saturated rings. The van der Waals surface area contributed by atoms with Gasteiger partial charge in [0.05, 0.1) is 13.2 Å². The Morgan fingerprint density at radius 2 is 0.786 bits per heavy atom. The lowest BCUT2D eigenvalue weighted by Crippen LogP contribution is -2.27. The van der Waals surface area contributed by atoms with Gasteiger partial charge in [0.2, 0.25) is 0 Å². The normalized spacial score (nSPS) is 13.1. The highest BCUT2D eigenvalue weighted by Gasteiger charge is 2.13. The second-order valence-electron chi connectivity index (χ2n) is 15.5. The third-order valence-electron chi connectivity index (χ3n) is 9.98. The first-order valence-electron chi connectivity index (χ1n) is 23.7. The monoisotopic (exact) mass is 779 g/mol. The van der Waals surface area contributed by atoms with E-state index in [1.165, 1.54) is 128 Å². The van der Waals surface area contributed by atoms with Crippen molar-refractivity contribution in [3.63, 3.8) is 0 Å². The number of carbonyl (C=O) groups excluding carboxylic acids is 1. The highest BCUT2D eigenvalue weighted by atomic mass is 16.6. The fourth-order valence-electron chi connectivity index (χ4n) is 6.49. The van der Waals surface area contributed by atoms with Crippen molar-refractivity contribution in [2.45, 2.75) is 219 Å². The number of carbonyl (C=O) groups is 1. The van der Waals surface area contributed by atoms with Crippen molar-refractivity contribution in [1.29, 1.82) is 0 Å².